The lowest BCUT2D eigenvalue weighted by atomic mass is 9.12. The van der Waals surface area contributed by atoms with Crippen molar-refractivity contribution >= 4 is 33.7 Å². The van der Waals surface area contributed by atoms with Gasteiger partial charge >= 0.3 is 0 Å². The van der Waals surface area contributed by atoms with Crippen molar-refractivity contribution < 1.29 is 93.5 Å². The molecule has 0 atom stereocenters. The van der Waals surface area contributed by atoms with E-state index in [0.29, 0.717) is 0 Å². The molecule has 0 radical (unpaired) electrons. The van der Waals surface area contributed by atoms with Gasteiger partial charge in [-0.05, 0) is 44.4 Å². The summed E-state index contributed by atoms with van der Waals surface area (Å²) in [5.74, 6) is -71.4. The highest BCUT2D eigenvalue weighted by Crippen LogP contribution is 2.31. The van der Waals surface area contributed by atoms with Crippen molar-refractivity contribution in [3.05, 3.63) is 145 Å². The number of rotatable bonds is 4. The minimum absolute atomic E-state index is 1.16. The lowest BCUT2D eigenvalue weighted by Gasteiger charge is -2.44. The van der Waals surface area contributed by atoms with E-state index in [0.717, 1.165) is 5.69 Å². The number of hydrogen-bond donors (Lipinski definition) is 1. The van der Waals surface area contributed by atoms with E-state index in [2.05, 4.69) is 39.5 Å². The molecule has 0 bridgehead atoms. The van der Waals surface area contributed by atoms with Gasteiger partial charge in [0.15, 0.2) is 69.8 Å². The Morgan fingerprint density at radius 3 is 0.661 bits per heavy atom. The van der Waals surface area contributed by atoms with Crippen LogP contribution in [0.3, 0.4) is 0 Å². The van der Waals surface area contributed by atoms with Crippen LogP contribution in [0, 0.1) is 144 Å². The summed E-state index contributed by atoms with van der Waals surface area (Å²) in [6, 6.07) is 2.15. The van der Waals surface area contributed by atoms with Crippen LogP contribution in [0.25, 0.3) is 0 Å². The third kappa shape index (κ3) is 6.11. The van der Waals surface area contributed by atoms with E-state index in [1.807, 2.05) is 0 Å². The number of benzene rings is 5. The molecule has 0 aliphatic rings. The molecule has 0 fully saturated rings. The van der Waals surface area contributed by atoms with E-state index >= 15 is 35.1 Å². The van der Waals surface area contributed by atoms with Crippen LogP contribution in [0.4, 0.5) is 93.5 Å². The highest BCUT2D eigenvalue weighted by molar-refractivity contribution is 7.20. The Balaban J connectivity index is 0.000000544. The molecule has 56 heavy (non-hydrogen) atoms. The van der Waals surface area contributed by atoms with Crippen LogP contribution in [0.1, 0.15) is 22.3 Å². The van der Waals surface area contributed by atoms with Gasteiger partial charge in [0.25, 0.3) is 0 Å². The Hall–Kier alpha value is -5.28. The molecule has 0 unspecified atom stereocenters. The number of halogens is 20. The second-order valence-electron chi connectivity index (χ2n) is 12.0. The highest BCUT2D eigenvalue weighted by atomic mass is 19.2. The van der Waals surface area contributed by atoms with Crippen molar-refractivity contribution in [2.45, 2.75) is 27.7 Å². The fraction of sp³-hybridized carbons (Fsp3) is 0.118. The maximum Gasteiger partial charge on any atom is 0.200 e. The van der Waals surface area contributed by atoms with Gasteiger partial charge in [-0.3, -0.25) is 0 Å². The van der Waals surface area contributed by atoms with Crippen molar-refractivity contribution in [1.29, 1.82) is 0 Å². The van der Waals surface area contributed by atoms with E-state index in [1.165, 1.54) is 22.3 Å². The van der Waals surface area contributed by atoms with Crippen molar-refractivity contribution in [2.75, 3.05) is 0 Å². The molecule has 5 rings (SSSR count). The Morgan fingerprint density at radius 2 is 0.464 bits per heavy atom. The van der Waals surface area contributed by atoms with Gasteiger partial charge in [-0.25, -0.2) is 87.8 Å². The summed E-state index contributed by atoms with van der Waals surface area (Å²) in [6.45, 7) is 8.59. The summed E-state index contributed by atoms with van der Waals surface area (Å²) >= 11 is 0. The molecule has 5 aromatic rings. The third-order valence-electron chi connectivity index (χ3n) is 9.30. The predicted octanol–water partition coefficient (Wildman–Crippen LogP) is 7.64. The van der Waals surface area contributed by atoms with Crippen LogP contribution in [-0.4, -0.2) is 6.15 Å². The topological polar surface area (TPSA) is 27.6 Å². The van der Waals surface area contributed by atoms with Gasteiger partial charge in [-0.2, -0.15) is 0 Å². The van der Waals surface area contributed by atoms with Gasteiger partial charge in [0.1, 0.15) is 58.4 Å². The van der Waals surface area contributed by atoms with Crippen LogP contribution in [-0.2, 0) is 0 Å². The first-order valence-corrected chi connectivity index (χ1v) is 14.9. The van der Waals surface area contributed by atoms with Gasteiger partial charge in [-0.15, -0.1) is 21.9 Å². The highest BCUT2D eigenvalue weighted by Gasteiger charge is 2.52. The second-order valence-corrected chi connectivity index (χ2v) is 12.0. The zero-order chi connectivity index (χ0) is 43.0. The van der Waals surface area contributed by atoms with Gasteiger partial charge in [0.2, 0.25) is 0 Å². The lowest BCUT2D eigenvalue weighted by Crippen LogP contribution is -2.81. The molecule has 5 aromatic carbocycles. The fourth-order valence-corrected chi connectivity index (χ4v) is 6.17. The molecule has 0 saturated heterocycles. The second kappa shape index (κ2) is 15.0. The van der Waals surface area contributed by atoms with Crippen LogP contribution in [0.5, 0.6) is 0 Å². The largest absolute Gasteiger partial charge is 0.325 e. The average molecular weight is 829 g/mol. The van der Waals surface area contributed by atoms with Gasteiger partial charge < -0.3 is 5.73 Å². The van der Waals surface area contributed by atoms with E-state index in [9.17, 15) is 52.7 Å². The Bertz CT molecular complexity index is 2070. The van der Waals surface area contributed by atoms with Crippen LogP contribution >= 0.6 is 0 Å². The summed E-state index contributed by atoms with van der Waals surface area (Å²) in [5.41, 5.74) is -3.73. The SMILES string of the molecule is Cc1cc([NH3+])c(C)c(C)c1C.Fc1c(F)c(F)c([B-](c2c(F)c(F)c(F)c(F)c2F)(c2c(F)c(F)c(F)c(F)c2F)c2c(F)c(F)c(F)c(F)c2F)c(F)c1F. The molecule has 22 heteroatoms. The Labute approximate surface area is 299 Å². The smallest absolute Gasteiger partial charge is 0.200 e. The minimum atomic E-state index is -7.22. The standard InChI is InChI=1S/C24BF20.C10H15N/c26-5-1(6(27)14(35)21(42)13(5)34)25(2-7(28)15(36)22(43)16(37)8(2)29,3-9(30)17(38)23(44)18(39)10(3)31)4-11(32)19(40)24(45)20(41)12(4)33;1-6-5-10(11)9(4)8(3)7(6)2/h;5H,11H2,1-4H3/q-1;/p+1. The predicted molar refractivity (Wildman–Crippen MR) is 157 cm³/mol. The summed E-state index contributed by atoms with van der Waals surface area (Å²) in [5, 5.41) is 0. The lowest BCUT2D eigenvalue weighted by molar-refractivity contribution is -0.255. The molecule has 300 valence electrons. The molecule has 0 aromatic heterocycles. The summed E-state index contributed by atoms with van der Waals surface area (Å²) in [7, 11) is 0. The molecule has 0 spiro atoms. The van der Waals surface area contributed by atoms with E-state index < -0.39 is 144 Å². The molecule has 0 heterocycles. The Kier molecular flexibility index (Phi) is 11.6. The number of hydrogen-bond acceptors (Lipinski definition) is 0. The van der Waals surface area contributed by atoms with E-state index in [-0.39, 0.29) is 0 Å². The molecule has 1 nitrogen and oxygen atoms in total. The summed E-state index contributed by atoms with van der Waals surface area (Å²) in [4.78, 5) is 0. The monoisotopic (exact) mass is 829 g/mol. The Morgan fingerprint density at radius 1 is 0.286 bits per heavy atom. The average Bonchev–Trinajstić information content (AvgIpc) is 3.16. The molecule has 3 N–H and O–H groups in total. The van der Waals surface area contributed by atoms with Gasteiger partial charge in [-0.1, -0.05) is 0 Å². The molecular weight excluding hydrogens is 813 g/mol. The van der Waals surface area contributed by atoms with Crippen LogP contribution in [0.15, 0.2) is 6.07 Å². The molecule has 0 aliphatic heterocycles. The first-order valence-electron chi connectivity index (χ1n) is 14.9. The van der Waals surface area contributed by atoms with Crippen molar-refractivity contribution in [2.24, 2.45) is 0 Å². The maximum absolute atomic E-state index is 15.4. The first-order chi connectivity index (χ1) is 25.7. The summed E-state index contributed by atoms with van der Waals surface area (Å²) < 4.78 is 294. The van der Waals surface area contributed by atoms with Gasteiger partial charge in [0.05, 0.1) is 0 Å². The van der Waals surface area contributed by atoms with Crippen LogP contribution < -0.4 is 27.6 Å². The van der Waals surface area contributed by atoms with Crippen LogP contribution in [0.2, 0.25) is 0 Å². The first kappa shape index (κ1) is 43.5. The zero-order valence-electron chi connectivity index (χ0n) is 27.9. The summed E-state index contributed by atoms with van der Waals surface area (Å²) in [6.07, 6.45) is -7.22. The number of aryl methyl sites for hydroxylation is 1. The molecule has 0 saturated carbocycles. The normalized spacial score (nSPS) is 11.7. The minimum Gasteiger partial charge on any atom is -0.325 e. The zero-order valence-corrected chi connectivity index (χ0v) is 27.9. The van der Waals surface area contributed by atoms with Gasteiger partial charge in [0, 0.05) is 11.6 Å². The van der Waals surface area contributed by atoms with Crippen molar-refractivity contribution in [1.82, 2.24) is 0 Å². The van der Waals surface area contributed by atoms with E-state index in [4.69, 9.17) is 0 Å². The van der Waals surface area contributed by atoms with Crippen molar-refractivity contribution in [3.63, 3.8) is 0 Å². The third-order valence-corrected chi connectivity index (χ3v) is 9.30. The van der Waals surface area contributed by atoms with E-state index in [1.54, 1.807) is 0 Å². The number of quaternary nitrogens is 1. The molecular formula is C34H16BF20N. The fourth-order valence-electron chi connectivity index (χ4n) is 6.17. The molecule has 0 aliphatic carbocycles. The maximum atomic E-state index is 15.4. The van der Waals surface area contributed by atoms with Crippen molar-refractivity contribution in [3.8, 4) is 0 Å². The molecule has 0 amide bonds. The quantitative estimate of drug-likeness (QED) is 0.0836.